The summed E-state index contributed by atoms with van der Waals surface area (Å²) >= 11 is 0. The fourth-order valence-corrected chi connectivity index (χ4v) is 2.89. The van der Waals surface area contributed by atoms with E-state index in [1.54, 1.807) is 12.4 Å². The van der Waals surface area contributed by atoms with Crippen molar-refractivity contribution in [2.45, 2.75) is 38.0 Å². The molecule has 3 heteroatoms. The fraction of sp³-hybridized carbons (Fsp3) is 0.533. The highest BCUT2D eigenvalue weighted by molar-refractivity contribution is 6.04. The molecule has 2 fully saturated rings. The molecule has 94 valence electrons. The number of carbonyl (C=O) groups excluding carboxylic acids is 2. The quantitative estimate of drug-likeness (QED) is 0.766. The highest BCUT2D eigenvalue weighted by Crippen LogP contribution is 2.40. The molecule has 2 unspecified atom stereocenters. The summed E-state index contributed by atoms with van der Waals surface area (Å²) in [5, 5.41) is 0. The standard InChI is InChI=1S/C15H17NO2/c17-14-4-3-12(10-5-7-16-8-6-10)9-13(14)15(18)11-1-2-11/h5-8,11-13H,1-4,9H2. The Balaban J connectivity index is 1.75. The van der Waals surface area contributed by atoms with Gasteiger partial charge in [0, 0.05) is 24.7 Å². The molecule has 1 heterocycles. The Morgan fingerprint density at radius 3 is 2.56 bits per heavy atom. The van der Waals surface area contributed by atoms with Gasteiger partial charge in [-0.1, -0.05) is 0 Å². The van der Waals surface area contributed by atoms with E-state index in [1.165, 1.54) is 5.56 Å². The van der Waals surface area contributed by atoms with Crippen molar-refractivity contribution in [2.75, 3.05) is 0 Å². The summed E-state index contributed by atoms with van der Waals surface area (Å²) in [5.74, 6) is 0.578. The van der Waals surface area contributed by atoms with Crippen LogP contribution >= 0.6 is 0 Å². The van der Waals surface area contributed by atoms with Crippen LogP contribution in [-0.4, -0.2) is 16.6 Å². The number of aromatic nitrogens is 1. The van der Waals surface area contributed by atoms with Gasteiger partial charge in [-0.05, 0) is 49.3 Å². The SMILES string of the molecule is O=C1CCC(c2ccncc2)CC1C(=O)C1CC1. The van der Waals surface area contributed by atoms with E-state index in [-0.39, 0.29) is 23.4 Å². The summed E-state index contributed by atoms with van der Waals surface area (Å²) in [6.45, 7) is 0. The number of nitrogens with zero attached hydrogens (tertiary/aromatic N) is 1. The molecule has 2 saturated carbocycles. The van der Waals surface area contributed by atoms with Crippen LogP contribution in [0, 0.1) is 11.8 Å². The monoisotopic (exact) mass is 243 g/mol. The molecule has 18 heavy (non-hydrogen) atoms. The maximum Gasteiger partial charge on any atom is 0.146 e. The Morgan fingerprint density at radius 1 is 1.17 bits per heavy atom. The minimum atomic E-state index is -0.329. The Kier molecular flexibility index (Phi) is 2.98. The third-order valence-electron chi connectivity index (χ3n) is 4.15. The average Bonchev–Trinajstić information content (AvgIpc) is 3.24. The number of ketones is 2. The topological polar surface area (TPSA) is 47.0 Å². The lowest BCUT2D eigenvalue weighted by Crippen LogP contribution is -2.31. The van der Waals surface area contributed by atoms with Gasteiger partial charge in [0.2, 0.25) is 0 Å². The first-order valence-corrected chi connectivity index (χ1v) is 6.72. The molecule has 2 aliphatic rings. The maximum atomic E-state index is 12.1. The lowest BCUT2D eigenvalue weighted by molar-refractivity contribution is -0.135. The van der Waals surface area contributed by atoms with Crippen molar-refractivity contribution in [1.29, 1.82) is 0 Å². The first kappa shape index (κ1) is 11.6. The molecule has 0 saturated heterocycles. The van der Waals surface area contributed by atoms with E-state index in [0.29, 0.717) is 18.8 Å². The van der Waals surface area contributed by atoms with Gasteiger partial charge in [0.25, 0.3) is 0 Å². The molecule has 0 aromatic carbocycles. The molecule has 0 bridgehead atoms. The Morgan fingerprint density at radius 2 is 1.89 bits per heavy atom. The fourth-order valence-electron chi connectivity index (χ4n) is 2.89. The molecule has 0 spiro atoms. The second-order valence-electron chi connectivity index (χ2n) is 5.45. The largest absolute Gasteiger partial charge is 0.299 e. The van der Waals surface area contributed by atoms with Crippen molar-refractivity contribution in [1.82, 2.24) is 4.98 Å². The highest BCUT2D eigenvalue weighted by atomic mass is 16.2. The first-order valence-electron chi connectivity index (χ1n) is 6.72. The molecular weight excluding hydrogens is 226 g/mol. The molecule has 0 amide bonds. The van der Waals surface area contributed by atoms with Crippen LogP contribution in [0.1, 0.15) is 43.6 Å². The van der Waals surface area contributed by atoms with Gasteiger partial charge in [-0.15, -0.1) is 0 Å². The van der Waals surface area contributed by atoms with Crippen molar-refractivity contribution < 1.29 is 9.59 Å². The summed E-state index contributed by atoms with van der Waals surface area (Å²) in [7, 11) is 0. The molecule has 2 aliphatic carbocycles. The van der Waals surface area contributed by atoms with E-state index in [0.717, 1.165) is 19.3 Å². The smallest absolute Gasteiger partial charge is 0.146 e. The number of hydrogen-bond donors (Lipinski definition) is 0. The maximum absolute atomic E-state index is 12.1. The van der Waals surface area contributed by atoms with Crippen LogP contribution in [0.15, 0.2) is 24.5 Å². The molecule has 1 aromatic heterocycles. The van der Waals surface area contributed by atoms with Gasteiger partial charge in [-0.25, -0.2) is 0 Å². The molecule has 0 aliphatic heterocycles. The zero-order valence-corrected chi connectivity index (χ0v) is 10.3. The van der Waals surface area contributed by atoms with Crippen molar-refractivity contribution in [3.63, 3.8) is 0 Å². The molecular formula is C15H17NO2. The van der Waals surface area contributed by atoms with Crippen LogP contribution in [0.4, 0.5) is 0 Å². The third-order valence-corrected chi connectivity index (χ3v) is 4.15. The predicted molar refractivity (Wildman–Crippen MR) is 67.1 cm³/mol. The summed E-state index contributed by atoms with van der Waals surface area (Å²) in [4.78, 5) is 28.0. The van der Waals surface area contributed by atoms with E-state index < -0.39 is 0 Å². The van der Waals surface area contributed by atoms with Crippen LogP contribution in [0.5, 0.6) is 0 Å². The minimum Gasteiger partial charge on any atom is -0.299 e. The van der Waals surface area contributed by atoms with E-state index >= 15 is 0 Å². The predicted octanol–water partition coefficient (Wildman–Crippen LogP) is 2.51. The number of pyridine rings is 1. The summed E-state index contributed by atoms with van der Waals surface area (Å²) in [6.07, 6.45) is 7.67. The van der Waals surface area contributed by atoms with Gasteiger partial charge in [-0.2, -0.15) is 0 Å². The van der Waals surface area contributed by atoms with Crippen molar-refractivity contribution in [2.24, 2.45) is 11.8 Å². The minimum absolute atomic E-state index is 0.164. The average molecular weight is 243 g/mol. The zero-order valence-electron chi connectivity index (χ0n) is 10.3. The van der Waals surface area contributed by atoms with Gasteiger partial charge >= 0.3 is 0 Å². The van der Waals surface area contributed by atoms with Crippen LogP contribution in [0.3, 0.4) is 0 Å². The Labute approximate surface area is 107 Å². The van der Waals surface area contributed by atoms with Gasteiger partial charge in [-0.3, -0.25) is 14.6 Å². The molecule has 1 aromatic rings. The van der Waals surface area contributed by atoms with Crippen LogP contribution in [0.25, 0.3) is 0 Å². The van der Waals surface area contributed by atoms with Gasteiger partial charge in [0.15, 0.2) is 0 Å². The van der Waals surface area contributed by atoms with Crippen LogP contribution in [-0.2, 0) is 9.59 Å². The van der Waals surface area contributed by atoms with E-state index in [4.69, 9.17) is 0 Å². The second kappa shape index (κ2) is 4.63. The van der Waals surface area contributed by atoms with Crippen molar-refractivity contribution in [3.8, 4) is 0 Å². The molecule has 3 nitrogen and oxygen atoms in total. The second-order valence-corrected chi connectivity index (χ2v) is 5.45. The van der Waals surface area contributed by atoms with E-state index in [1.807, 2.05) is 12.1 Å². The van der Waals surface area contributed by atoms with Gasteiger partial charge < -0.3 is 0 Å². The van der Waals surface area contributed by atoms with E-state index in [2.05, 4.69) is 4.98 Å². The lowest BCUT2D eigenvalue weighted by atomic mass is 9.75. The molecule has 0 radical (unpaired) electrons. The van der Waals surface area contributed by atoms with Crippen molar-refractivity contribution >= 4 is 11.6 Å². The first-order chi connectivity index (χ1) is 8.75. The molecule has 3 rings (SSSR count). The lowest BCUT2D eigenvalue weighted by Gasteiger charge is -2.27. The van der Waals surface area contributed by atoms with E-state index in [9.17, 15) is 9.59 Å². The van der Waals surface area contributed by atoms with Crippen LogP contribution in [0.2, 0.25) is 0 Å². The number of rotatable bonds is 3. The normalized spacial score (nSPS) is 28.1. The van der Waals surface area contributed by atoms with Gasteiger partial charge in [0.1, 0.15) is 11.6 Å². The molecule has 0 N–H and O–H groups in total. The number of hydrogen-bond acceptors (Lipinski definition) is 3. The molecule has 2 atom stereocenters. The Hall–Kier alpha value is -1.51. The summed E-state index contributed by atoms with van der Waals surface area (Å²) in [5.41, 5.74) is 1.21. The van der Waals surface area contributed by atoms with Crippen LogP contribution < -0.4 is 0 Å². The number of carbonyl (C=O) groups is 2. The van der Waals surface area contributed by atoms with Gasteiger partial charge in [0.05, 0.1) is 5.92 Å². The summed E-state index contributed by atoms with van der Waals surface area (Å²) in [6, 6.07) is 4.00. The zero-order chi connectivity index (χ0) is 12.5. The number of Topliss-reactive ketones (excluding diaryl/α,β-unsaturated/α-hetero) is 2. The van der Waals surface area contributed by atoms with Crippen molar-refractivity contribution in [3.05, 3.63) is 30.1 Å². The highest BCUT2D eigenvalue weighted by Gasteiger charge is 2.41. The summed E-state index contributed by atoms with van der Waals surface area (Å²) < 4.78 is 0. The Bertz CT molecular complexity index is 465. The third kappa shape index (κ3) is 2.22.